The Balaban J connectivity index is 1.61. The highest BCUT2D eigenvalue weighted by atomic mass is 19.4. The van der Waals surface area contributed by atoms with Gasteiger partial charge in [-0.2, -0.15) is 22.8 Å². The molecule has 2 heterocycles. The van der Waals surface area contributed by atoms with E-state index in [-0.39, 0.29) is 5.56 Å². The molecule has 0 aliphatic heterocycles. The van der Waals surface area contributed by atoms with Crippen LogP contribution < -0.4 is 5.56 Å². The van der Waals surface area contributed by atoms with Crippen molar-refractivity contribution >= 4 is 5.65 Å². The molecule has 130 valence electrons. The lowest BCUT2D eigenvalue weighted by Crippen LogP contribution is -2.17. The lowest BCUT2D eigenvalue weighted by atomic mass is 10.1. The number of fused-ring (bicyclic) bond motifs is 1. The summed E-state index contributed by atoms with van der Waals surface area (Å²) < 4.78 is 41.7. The predicted octanol–water partition coefficient (Wildman–Crippen LogP) is 3.63. The van der Waals surface area contributed by atoms with Gasteiger partial charge in [0.25, 0.3) is 5.56 Å². The molecule has 0 radical (unpaired) electrons. The van der Waals surface area contributed by atoms with E-state index < -0.39 is 11.7 Å². The normalized spacial score (nSPS) is 15.0. The Morgan fingerprint density at radius 1 is 1.16 bits per heavy atom. The van der Waals surface area contributed by atoms with Crippen LogP contribution in [0, 0.1) is 0 Å². The van der Waals surface area contributed by atoms with Crippen LogP contribution in [0.5, 0.6) is 0 Å². The average Bonchev–Trinajstić information content (AvgIpc) is 3.32. The van der Waals surface area contributed by atoms with E-state index in [1.807, 2.05) is 10.6 Å². The van der Waals surface area contributed by atoms with E-state index in [1.165, 1.54) is 22.7 Å². The maximum atomic E-state index is 12.8. The lowest BCUT2D eigenvalue weighted by molar-refractivity contribution is -0.137. The molecule has 0 saturated heterocycles. The number of hydrogen-bond donors (Lipinski definition) is 0. The second-order valence-corrected chi connectivity index (χ2v) is 6.41. The third kappa shape index (κ3) is 3.18. The molecular weight excluding hydrogens is 331 g/mol. The molecule has 0 unspecified atom stereocenters. The molecule has 1 saturated carbocycles. The summed E-state index contributed by atoms with van der Waals surface area (Å²) in [5, 5.41) is 4.37. The fourth-order valence-corrected chi connectivity index (χ4v) is 2.98. The van der Waals surface area contributed by atoms with E-state index in [0.29, 0.717) is 30.1 Å². The minimum absolute atomic E-state index is 0.197. The Bertz CT molecular complexity index is 983. The maximum Gasteiger partial charge on any atom is 0.416 e. The number of aromatic nitrogens is 3. The van der Waals surface area contributed by atoms with Crippen molar-refractivity contribution in [3.05, 3.63) is 69.8 Å². The zero-order chi connectivity index (χ0) is 17.6. The predicted molar refractivity (Wildman–Crippen MR) is 86.6 cm³/mol. The molecule has 3 aromatic rings. The topological polar surface area (TPSA) is 39.3 Å². The van der Waals surface area contributed by atoms with Crippen LogP contribution in [-0.2, 0) is 19.1 Å². The average molecular weight is 347 g/mol. The number of benzene rings is 1. The Hall–Kier alpha value is -2.57. The Morgan fingerprint density at radius 2 is 1.96 bits per heavy atom. The summed E-state index contributed by atoms with van der Waals surface area (Å²) in [6, 6.07) is 8.68. The van der Waals surface area contributed by atoms with Gasteiger partial charge in [0.15, 0.2) is 0 Å². The standard InChI is InChI=1S/C18H16F3N3O/c19-18(20,21)14-3-1-2-12(10-14)6-8-23-9-7-17(25)24-16(23)11-15(22-24)13-4-5-13/h1-3,7,9-11,13H,4-6,8H2. The second kappa shape index (κ2) is 5.75. The Kier molecular flexibility index (Phi) is 3.67. The van der Waals surface area contributed by atoms with Gasteiger partial charge in [-0.05, 0) is 30.9 Å². The molecule has 4 rings (SSSR count). The number of alkyl halides is 3. The molecule has 0 spiro atoms. The molecule has 4 nitrogen and oxygen atoms in total. The van der Waals surface area contributed by atoms with Crippen molar-refractivity contribution < 1.29 is 13.2 Å². The van der Waals surface area contributed by atoms with Gasteiger partial charge in [-0.3, -0.25) is 4.79 Å². The van der Waals surface area contributed by atoms with Gasteiger partial charge in [-0.25, -0.2) is 0 Å². The fourth-order valence-electron chi connectivity index (χ4n) is 2.98. The third-order valence-corrected chi connectivity index (χ3v) is 4.50. The van der Waals surface area contributed by atoms with E-state index in [2.05, 4.69) is 5.10 Å². The number of hydrogen-bond acceptors (Lipinski definition) is 2. The Labute approximate surface area is 141 Å². The first kappa shape index (κ1) is 15.9. The van der Waals surface area contributed by atoms with Crippen molar-refractivity contribution in [1.29, 1.82) is 0 Å². The molecule has 0 amide bonds. The SMILES string of the molecule is O=c1ccn(CCc2cccc(C(F)(F)F)c2)c2cc(C3CC3)nn12. The molecule has 7 heteroatoms. The van der Waals surface area contributed by atoms with Crippen LogP contribution in [0.15, 0.2) is 47.4 Å². The molecule has 0 bridgehead atoms. The van der Waals surface area contributed by atoms with Gasteiger partial charge in [0.05, 0.1) is 11.3 Å². The summed E-state index contributed by atoms with van der Waals surface area (Å²) in [6.45, 7) is 0.473. The van der Waals surface area contributed by atoms with Crippen molar-refractivity contribution in [2.24, 2.45) is 0 Å². The largest absolute Gasteiger partial charge is 0.416 e. The molecular formula is C18H16F3N3O. The minimum atomic E-state index is -4.34. The van der Waals surface area contributed by atoms with Crippen molar-refractivity contribution in [2.75, 3.05) is 0 Å². The van der Waals surface area contributed by atoms with Crippen LogP contribution in [0.25, 0.3) is 5.65 Å². The van der Waals surface area contributed by atoms with Crippen molar-refractivity contribution in [2.45, 2.75) is 37.9 Å². The van der Waals surface area contributed by atoms with E-state index in [9.17, 15) is 18.0 Å². The maximum absolute atomic E-state index is 12.8. The van der Waals surface area contributed by atoms with Gasteiger partial charge in [-0.1, -0.05) is 18.2 Å². The van der Waals surface area contributed by atoms with Crippen molar-refractivity contribution in [1.82, 2.24) is 14.2 Å². The van der Waals surface area contributed by atoms with E-state index in [1.54, 1.807) is 12.3 Å². The smallest absolute Gasteiger partial charge is 0.332 e. The van der Waals surface area contributed by atoms with Crippen LogP contribution in [-0.4, -0.2) is 14.2 Å². The van der Waals surface area contributed by atoms with Gasteiger partial charge in [-0.15, -0.1) is 0 Å². The highest BCUT2D eigenvalue weighted by molar-refractivity contribution is 5.42. The molecule has 0 N–H and O–H groups in total. The van der Waals surface area contributed by atoms with Crippen molar-refractivity contribution in [3.8, 4) is 0 Å². The van der Waals surface area contributed by atoms with Gasteiger partial charge < -0.3 is 4.57 Å². The minimum Gasteiger partial charge on any atom is -0.332 e. The van der Waals surface area contributed by atoms with Gasteiger partial charge >= 0.3 is 6.18 Å². The monoisotopic (exact) mass is 347 g/mol. The quantitative estimate of drug-likeness (QED) is 0.723. The van der Waals surface area contributed by atoms with Crippen LogP contribution in [0.3, 0.4) is 0 Å². The summed E-state index contributed by atoms with van der Waals surface area (Å²) in [6.07, 6.45) is -0.0636. The first-order chi connectivity index (χ1) is 11.9. The fraction of sp³-hybridized carbons (Fsp3) is 0.333. The number of aryl methyl sites for hydroxylation is 2. The zero-order valence-electron chi connectivity index (χ0n) is 13.3. The van der Waals surface area contributed by atoms with E-state index >= 15 is 0 Å². The molecule has 1 aliphatic carbocycles. The summed E-state index contributed by atoms with van der Waals surface area (Å²) >= 11 is 0. The number of rotatable bonds is 4. The van der Waals surface area contributed by atoms with Gasteiger partial charge in [0.2, 0.25) is 0 Å². The van der Waals surface area contributed by atoms with Gasteiger partial charge in [0.1, 0.15) is 5.65 Å². The second-order valence-electron chi connectivity index (χ2n) is 6.41. The highest BCUT2D eigenvalue weighted by Crippen LogP contribution is 2.39. The lowest BCUT2D eigenvalue weighted by Gasteiger charge is -2.11. The molecule has 25 heavy (non-hydrogen) atoms. The number of nitrogens with zero attached hydrogens (tertiary/aromatic N) is 3. The van der Waals surface area contributed by atoms with E-state index in [0.717, 1.165) is 24.6 Å². The molecule has 0 atom stereocenters. The third-order valence-electron chi connectivity index (χ3n) is 4.50. The van der Waals surface area contributed by atoms with E-state index in [4.69, 9.17) is 0 Å². The van der Waals surface area contributed by atoms with Crippen LogP contribution in [0.2, 0.25) is 0 Å². The molecule has 2 aromatic heterocycles. The zero-order valence-corrected chi connectivity index (χ0v) is 13.3. The first-order valence-electron chi connectivity index (χ1n) is 8.17. The summed E-state index contributed by atoms with van der Waals surface area (Å²) in [5.41, 5.74) is 1.36. The van der Waals surface area contributed by atoms with Crippen molar-refractivity contribution in [3.63, 3.8) is 0 Å². The molecule has 1 aliphatic rings. The summed E-state index contributed by atoms with van der Waals surface area (Å²) in [7, 11) is 0. The summed E-state index contributed by atoms with van der Waals surface area (Å²) in [5.74, 6) is 0.427. The van der Waals surface area contributed by atoms with Crippen LogP contribution >= 0.6 is 0 Å². The molecule has 1 fully saturated rings. The van der Waals surface area contributed by atoms with Crippen LogP contribution in [0.4, 0.5) is 13.2 Å². The first-order valence-corrected chi connectivity index (χ1v) is 8.17. The van der Waals surface area contributed by atoms with Crippen LogP contribution in [0.1, 0.15) is 35.6 Å². The highest BCUT2D eigenvalue weighted by Gasteiger charge is 2.30. The number of halogens is 3. The Morgan fingerprint density at radius 3 is 2.68 bits per heavy atom. The van der Waals surface area contributed by atoms with Gasteiger partial charge in [0, 0.05) is 30.8 Å². The summed E-state index contributed by atoms with van der Waals surface area (Å²) in [4.78, 5) is 12.0. The molecule has 1 aromatic carbocycles.